The highest BCUT2D eigenvalue weighted by atomic mass is 15.1. The van der Waals surface area contributed by atoms with Gasteiger partial charge in [0, 0.05) is 18.2 Å². The summed E-state index contributed by atoms with van der Waals surface area (Å²) < 4.78 is 0. The summed E-state index contributed by atoms with van der Waals surface area (Å²) in [5, 5.41) is 7.10. The van der Waals surface area contributed by atoms with E-state index in [1.165, 1.54) is 31.2 Å². The maximum atomic E-state index is 4.53. The average molecular weight is 274 g/mol. The lowest BCUT2D eigenvalue weighted by Crippen LogP contribution is -2.27. The first-order valence-corrected chi connectivity index (χ1v) is 8.16. The van der Waals surface area contributed by atoms with E-state index in [-0.39, 0.29) is 0 Å². The molecular weight excluding hydrogens is 248 g/mol. The lowest BCUT2D eigenvalue weighted by molar-refractivity contribution is 0.438. The van der Waals surface area contributed by atoms with E-state index in [1.54, 1.807) is 6.33 Å². The Morgan fingerprint density at radius 1 is 1.15 bits per heavy atom. The van der Waals surface area contributed by atoms with Crippen molar-refractivity contribution >= 4 is 11.6 Å². The Hall–Kier alpha value is -1.32. The quantitative estimate of drug-likeness (QED) is 0.834. The van der Waals surface area contributed by atoms with Crippen LogP contribution in [0.4, 0.5) is 11.6 Å². The molecule has 110 valence electrons. The summed E-state index contributed by atoms with van der Waals surface area (Å²) in [6.07, 6.45) is 9.44. The minimum Gasteiger partial charge on any atom is -0.370 e. The fourth-order valence-electron chi connectivity index (χ4n) is 3.94. The van der Waals surface area contributed by atoms with Gasteiger partial charge in [-0.15, -0.1) is 0 Å². The highest BCUT2D eigenvalue weighted by Crippen LogP contribution is 2.45. The summed E-state index contributed by atoms with van der Waals surface area (Å²) in [4.78, 5) is 8.93. The van der Waals surface area contributed by atoms with E-state index in [4.69, 9.17) is 0 Å². The van der Waals surface area contributed by atoms with Crippen LogP contribution in [0.25, 0.3) is 0 Å². The molecule has 0 spiro atoms. The largest absolute Gasteiger partial charge is 0.370 e. The zero-order valence-corrected chi connectivity index (χ0v) is 12.7. The van der Waals surface area contributed by atoms with Crippen LogP contribution < -0.4 is 10.6 Å². The molecule has 1 aromatic rings. The van der Waals surface area contributed by atoms with Gasteiger partial charge in [-0.25, -0.2) is 9.97 Å². The molecule has 1 aromatic heterocycles. The van der Waals surface area contributed by atoms with E-state index in [0.29, 0.717) is 6.04 Å². The predicted molar refractivity (Wildman–Crippen MR) is 83.0 cm³/mol. The standard InChI is InChI=1S/C16H26N4/c1-3-5-13-15(17-4-2)18-10-19-16(13)20-14-9-11-6-7-12(14)8-11/h10-12,14H,3-9H2,1-2H3,(H2,17,18,19,20). The van der Waals surface area contributed by atoms with Crippen LogP contribution in [0, 0.1) is 11.8 Å². The van der Waals surface area contributed by atoms with E-state index < -0.39 is 0 Å². The monoisotopic (exact) mass is 274 g/mol. The number of anilines is 2. The van der Waals surface area contributed by atoms with Crippen LogP contribution in [-0.2, 0) is 6.42 Å². The first-order chi connectivity index (χ1) is 9.81. The Morgan fingerprint density at radius 3 is 2.65 bits per heavy atom. The average Bonchev–Trinajstić information content (AvgIpc) is 3.05. The van der Waals surface area contributed by atoms with Crippen molar-refractivity contribution in [3.8, 4) is 0 Å². The van der Waals surface area contributed by atoms with Gasteiger partial charge in [0.2, 0.25) is 0 Å². The smallest absolute Gasteiger partial charge is 0.134 e. The lowest BCUT2D eigenvalue weighted by Gasteiger charge is -2.25. The van der Waals surface area contributed by atoms with Gasteiger partial charge in [-0.1, -0.05) is 19.8 Å². The minimum atomic E-state index is 0.633. The van der Waals surface area contributed by atoms with Gasteiger partial charge in [-0.3, -0.25) is 0 Å². The van der Waals surface area contributed by atoms with E-state index in [2.05, 4.69) is 34.4 Å². The van der Waals surface area contributed by atoms with E-state index in [9.17, 15) is 0 Å². The molecule has 0 aromatic carbocycles. The van der Waals surface area contributed by atoms with Gasteiger partial charge < -0.3 is 10.6 Å². The van der Waals surface area contributed by atoms with Crippen molar-refractivity contribution < 1.29 is 0 Å². The summed E-state index contributed by atoms with van der Waals surface area (Å²) in [5.74, 6) is 3.90. The molecule has 2 saturated carbocycles. The van der Waals surface area contributed by atoms with Gasteiger partial charge in [-0.2, -0.15) is 0 Å². The minimum absolute atomic E-state index is 0.633. The molecule has 0 radical (unpaired) electrons. The maximum absolute atomic E-state index is 4.53. The number of rotatable bonds is 6. The number of hydrogen-bond donors (Lipinski definition) is 2. The van der Waals surface area contributed by atoms with E-state index in [1.807, 2.05) is 0 Å². The number of nitrogens with one attached hydrogen (secondary N) is 2. The molecule has 3 rings (SSSR count). The van der Waals surface area contributed by atoms with Crippen molar-refractivity contribution in [1.82, 2.24) is 9.97 Å². The first kappa shape index (κ1) is 13.7. The van der Waals surface area contributed by atoms with Crippen molar-refractivity contribution in [2.24, 2.45) is 11.8 Å². The Balaban J connectivity index is 1.79. The zero-order valence-electron chi connectivity index (χ0n) is 12.7. The molecule has 1 heterocycles. The third-order valence-electron chi connectivity index (χ3n) is 4.85. The van der Waals surface area contributed by atoms with Crippen LogP contribution in [0.2, 0.25) is 0 Å². The first-order valence-electron chi connectivity index (χ1n) is 8.16. The summed E-state index contributed by atoms with van der Waals surface area (Å²) in [6.45, 7) is 5.23. The molecule has 0 amide bonds. The maximum Gasteiger partial charge on any atom is 0.134 e. The van der Waals surface area contributed by atoms with Crippen LogP contribution in [0.1, 0.15) is 51.5 Å². The third-order valence-corrected chi connectivity index (χ3v) is 4.85. The fourth-order valence-corrected chi connectivity index (χ4v) is 3.94. The summed E-state index contributed by atoms with van der Waals surface area (Å²) in [6, 6.07) is 0.633. The van der Waals surface area contributed by atoms with Gasteiger partial charge >= 0.3 is 0 Å². The Labute approximate surface area is 121 Å². The summed E-state index contributed by atoms with van der Waals surface area (Å²) in [5.41, 5.74) is 1.26. The highest BCUT2D eigenvalue weighted by molar-refractivity contribution is 5.58. The van der Waals surface area contributed by atoms with E-state index >= 15 is 0 Å². The van der Waals surface area contributed by atoms with Crippen molar-refractivity contribution in [3.05, 3.63) is 11.9 Å². The van der Waals surface area contributed by atoms with Crippen molar-refractivity contribution in [3.63, 3.8) is 0 Å². The fraction of sp³-hybridized carbons (Fsp3) is 0.750. The Morgan fingerprint density at radius 2 is 2.00 bits per heavy atom. The Kier molecular flexibility index (Phi) is 4.08. The number of fused-ring (bicyclic) bond motifs is 2. The number of aromatic nitrogens is 2. The highest BCUT2D eigenvalue weighted by Gasteiger charge is 2.39. The van der Waals surface area contributed by atoms with Gasteiger partial charge in [-0.05, 0) is 44.4 Å². The molecule has 2 bridgehead atoms. The van der Waals surface area contributed by atoms with Crippen LogP contribution in [0.5, 0.6) is 0 Å². The second kappa shape index (κ2) is 5.98. The number of hydrogen-bond acceptors (Lipinski definition) is 4. The topological polar surface area (TPSA) is 49.8 Å². The molecule has 2 fully saturated rings. The molecule has 2 aliphatic rings. The normalized spacial score (nSPS) is 27.8. The predicted octanol–water partition coefficient (Wildman–Crippen LogP) is 3.46. The SMILES string of the molecule is CCCc1c(NCC)ncnc1NC1CC2CCC1C2. The molecule has 4 heteroatoms. The van der Waals surface area contributed by atoms with Crippen LogP contribution in [-0.4, -0.2) is 22.6 Å². The second-order valence-corrected chi connectivity index (χ2v) is 6.26. The molecule has 2 aliphatic carbocycles. The summed E-state index contributed by atoms with van der Waals surface area (Å²) in [7, 11) is 0. The molecule has 20 heavy (non-hydrogen) atoms. The number of nitrogens with zero attached hydrogens (tertiary/aromatic N) is 2. The van der Waals surface area contributed by atoms with E-state index in [0.717, 1.165) is 42.9 Å². The molecular formula is C16H26N4. The van der Waals surface area contributed by atoms with Gasteiger partial charge in [0.25, 0.3) is 0 Å². The molecule has 0 saturated heterocycles. The van der Waals surface area contributed by atoms with Gasteiger partial charge in [0.05, 0.1) is 0 Å². The zero-order chi connectivity index (χ0) is 13.9. The van der Waals surface area contributed by atoms with Crippen molar-refractivity contribution in [1.29, 1.82) is 0 Å². The molecule has 2 N–H and O–H groups in total. The van der Waals surface area contributed by atoms with Gasteiger partial charge in [0.1, 0.15) is 18.0 Å². The second-order valence-electron chi connectivity index (χ2n) is 6.26. The Bertz CT molecular complexity index is 460. The molecule has 3 atom stereocenters. The van der Waals surface area contributed by atoms with Crippen molar-refractivity contribution in [2.45, 2.75) is 58.4 Å². The van der Waals surface area contributed by atoms with Crippen LogP contribution >= 0.6 is 0 Å². The molecule has 3 unspecified atom stereocenters. The van der Waals surface area contributed by atoms with Crippen molar-refractivity contribution in [2.75, 3.05) is 17.2 Å². The van der Waals surface area contributed by atoms with Gasteiger partial charge in [0.15, 0.2) is 0 Å². The lowest BCUT2D eigenvalue weighted by atomic mass is 9.95. The third kappa shape index (κ3) is 2.60. The molecule has 0 aliphatic heterocycles. The van der Waals surface area contributed by atoms with Crippen LogP contribution in [0.3, 0.4) is 0 Å². The summed E-state index contributed by atoms with van der Waals surface area (Å²) >= 11 is 0. The molecule has 4 nitrogen and oxygen atoms in total. The van der Waals surface area contributed by atoms with Crippen LogP contribution in [0.15, 0.2) is 6.33 Å².